The first-order valence-electron chi connectivity index (χ1n) is 13.3. The second-order valence-corrected chi connectivity index (χ2v) is 9.16. The van der Waals surface area contributed by atoms with Gasteiger partial charge in [0.15, 0.2) is 18.1 Å². The SMILES string of the molecule is CCOc1cc(C(=O)Nc2ccc3c(c2)N(CCCOc2ccc(Cl)cc2)C(=O)CO3)cc(OCC)c1OCC. The molecule has 1 aliphatic heterocycles. The summed E-state index contributed by atoms with van der Waals surface area (Å²) >= 11 is 5.92. The number of hydrogen-bond acceptors (Lipinski definition) is 7. The van der Waals surface area contributed by atoms with Crippen LogP contribution in [0.2, 0.25) is 5.02 Å². The Labute approximate surface area is 238 Å². The van der Waals surface area contributed by atoms with Crippen LogP contribution < -0.4 is 33.9 Å². The van der Waals surface area contributed by atoms with Crippen LogP contribution in [0.25, 0.3) is 0 Å². The number of carbonyl (C=O) groups excluding carboxylic acids is 2. The summed E-state index contributed by atoms with van der Waals surface area (Å²) in [7, 11) is 0. The van der Waals surface area contributed by atoms with Gasteiger partial charge in [0.1, 0.15) is 11.5 Å². The molecule has 3 aromatic rings. The van der Waals surface area contributed by atoms with Gasteiger partial charge in [-0.15, -0.1) is 0 Å². The van der Waals surface area contributed by atoms with Crippen molar-refractivity contribution < 1.29 is 33.3 Å². The van der Waals surface area contributed by atoms with Crippen molar-refractivity contribution in [2.24, 2.45) is 0 Å². The average molecular weight is 569 g/mol. The number of halogens is 1. The molecule has 0 radical (unpaired) electrons. The fourth-order valence-corrected chi connectivity index (χ4v) is 4.32. The van der Waals surface area contributed by atoms with Gasteiger partial charge in [-0.1, -0.05) is 11.6 Å². The molecular weight excluding hydrogens is 536 g/mol. The lowest BCUT2D eigenvalue weighted by Crippen LogP contribution is -2.39. The summed E-state index contributed by atoms with van der Waals surface area (Å²) in [5, 5.41) is 3.54. The van der Waals surface area contributed by atoms with E-state index in [0.29, 0.717) is 90.1 Å². The zero-order chi connectivity index (χ0) is 28.5. The predicted molar refractivity (Wildman–Crippen MR) is 154 cm³/mol. The lowest BCUT2D eigenvalue weighted by Gasteiger charge is -2.30. The first-order valence-corrected chi connectivity index (χ1v) is 13.6. The summed E-state index contributed by atoms with van der Waals surface area (Å²) in [5.74, 6) is 2.05. The number of benzene rings is 3. The summed E-state index contributed by atoms with van der Waals surface area (Å²) in [4.78, 5) is 27.6. The molecule has 0 saturated carbocycles. The topological polar surface area (TPSA) is 95.6 Å². The maximum atomic E-state index is 13.3. The molecule has 0 atom stereocenters. The van der Waals surface area contributed by atoms with Crippen molar-refractivity contribution >= 4 is 34.8 Å². The highest BCUT2D eigenvalue weighted by atomic mass is 35.5. The quantitative estimate of drug-likeness (QED) is 0.253. The first kappa shape index (κ1) is 28.9. The van der Waals surface area contributed by atoms with E-state index in [1.165, 1.54) is 0 Å². The number of fused-ring (bicyclic) bond motifs is 1. The van der Waals surface area contributed by atoms with Gasteiger partial charge < -0.3 is 33.9 Å². The van der Waals surface area contributed by atoms with Gasteiger partial charge >= 0.3 is 0 Å². The van der Waals surface area contributed by atoms with Crippen LogP contribution in [0.15, 0.2) is 54.6 Å². The standard InChI is InChI=1S/C30H33ClN2O7/c1-4-36-26-16-20(17-27(37-5-2)29(26)38-6-3)30(35)32-22-10-13-25-24(18-22)33(28(34)19-40-25)14-7-15-39-23-11-8-21(31)9-12-23/h8-13,16-18H,4-7,14-15,19H2,1-3H3,(H,32,35). The fraction of sp³-hybridized carbons (Fsp3) is 0.333. The van der Waals surface area contributed by atoms with E-state index in [1.54, 1.807) is 59.5 Å². The highest BCUT2D eigenvalue weighted by Gasteiger charge is 2.26. The number of carbonyl (C=O) groups is 2. The molecule has 0 unspecified atom stereocenters. The Kier molecular flexibility index (Phi) is 9.96. The maximum Gasteiger partial charge on any atom is 0.265 e. The van der Waals surface area contributed by atoms with Gasteiger partial charge in [0, 0.05) is 22.8 Å². The van der Waals surface area contributed by atoms with Crippen molar-refractivity contribution in [3.63, 3.8) is 0 Å². The number of hydrogen-bond donors (Lipinski definition) is 1. The van der Waals surface area contributed by atoms with Crippen molar-refractivity contribution in [3.05, 3.63) is 65.2 Å². The van der Waals surface area contributed by atoms with E-state index in [0.717, 1.165) is 0 Å². The van der Waals surface area contributed by atoms with Crippen LogP contribution in [0.1, 0.15) is 37.6 Å². The Morgan fingerprint density at radius 3 is 2.25 bits per heavy atom. The van der Waals surface area contributed by atoms with E-state index in [9.17, 15) is 9.59 Å². The third kappa shape index (κ3) is 7.09. The molecule has 0 saturated heterocycles. The second-order valence-electron chi connectivity index (χ2n) is 8.73. The third-order valence-corrected chi connectivity index (χ3v) is 6.19. The van der Waals surface area contributed by atoms with Crippen LogP contribution in [0.3, 0.4) is 0 Å². The molecular formula is C30H33ClN2O7. The average Bonchev–Trinajstić information content (AvgIpc) is 2.95. The number of nitrogens with one attached hydrogen (secondary N) is 1. The van der Waals surface area contributed by atoms with Crippen LogP contribution in [0.4, 0.5) is 11.4 Å². The number of anilines is 2. The normalized spacial score (nSPS) is 12.3. The zero-order valence-electron chi connectivity index (χ0n) is 22.8. The molecule has 10 heteroatoms. The lowest BCUT2D eigenvalue weighted by molar-refractivity contribution is -0.121. The largest absolute Gasteiger partial charge is 0.494 e. The predicted octanol–water partition coefficient (Wildman–Crippen LogP) is 5.98. The van der Waals surface area contributed by atoms with Gasteiger partial charge in [0.25, 0.3) is 11.8 Å². The molecule has 0 aliphatic carbocycles. The lowest BCUT2D eigenvalue weighted by atomic mass is 10.1. The highest BCUT2D eigenvalue weighted by molar-refractivity contribution is 6.30. The van der Waals surface area contributed by atoms with Crippen molar-refractivity contribution in [1.29, 1.82) is 0 Å². The number of ether oxygens (including phenoxy) is 5. The minimum atomic E-state index is -0.365. The summed E-state index contributed by atoms with van der Waals surface area (Å²) < 4.78 is 28.6. The molecule has 0 spiro atoms. The molecule has 1 heterocycles. The van der Waals surface area contributed by atoms with Crippen molar-refractivity contribution in [2.75, 3.05) is 49.8 Å². The molecule has 0 fully saturated rings. The molecule has 212 valence electrons. The van der Waals surface area contributed by atoms with Crippen LogP contribution in [0, 0.1) is 0 Å². The monoisotopic (exact) mass is 568 g/mol. The first-order chi connectivity index (χ1) is 19.4. The van der Waals surface area contributed by atoms with E-state index in [4.69, 9.17) is 35.3 Å². The van der Waals surface area contributed by atoms with E-state index < -0.39 is 0 Å². The third-order valence-electron chi connectivity index (χ3n) is 5.94. The highest BCUT2D eigenvalue weighted by Crippen LogP contribution is 2.40. The van der Waals surface area contributed by atoms with Gasteiger partial charge in [0.05, 0.1) is 32.1 Å². The van der Waals surface area contributed by atoms with Gasteiger partial charge in [-0.2, -0.15) is 0 Å². The summed E-state index contributed by atoms with van der Waals surface area (Å²) in [6.45, 7) is 7.59. The second kappa shape index (κ2) is 13.8. The van der Waals surface area contributed by atoms with E-state index in [2.05, 4.69) is 5.32 Å². The van der Waals surface area contributed by atoms with Crippen molar-refractivity contribution in [3.8, 4) is 28.7 Å². The minimum absolute atomic E-state index is 0.0522. The van der Waals surface area contributed by atoms with E-state index >= 15 is 0 Å². The maximum absolute atomic E-state index is 13.3. The Bertz CT molecular complexity index is 1300. The van der Waals surface area contributed by atoms with Crippen LogP contribution in [0.5, 0.6) is 28.7 Å². The molecule has 2 amide bonds. The fourth-order valence-electron chi connectivity index (χ4n) is 4.19. The summed E-state index contributed by atoms with van der Waals surface area (Å²) in [6, 6.07) is 15.6. The van der Waals surface area contributed by atoms with E-state index in [-0.39, 0.29) is 18.4 Å². The molecule has 1 aliphatic rings. The molecule has 4 rings (SSSR count). The Balaban J connectivity index is 1.49. The van der Waals surface area contributed by atoms with Crippen molar-refractivity contribution in [1.82, 2.24) is 0 Å². The zero-order valence-corrected chi connectivity index (χ0v) is 23.6. The summed E-state index contributed by atoms with van der Waals surface area (Å²) in [6.07, 6.45) is 0.594. The molecule has 0 bridgehead atoms. The van der Waals surface area contributed by atoms with Gasteiger partial charge in [-0.3, -0.25) is 9.59 Å². The molecule has 0 aromatic heterocycles. The van der Waals surface area contributed by atoms with E-state index in [1.807, 2.05) is 20.8 Å². The van der Waals surface area contributed by atoms with Crippen LogP contribution in [-0.4, -0.2) is 51.4 Å². The summed E-state index contributed by atoms with van der Waals surface area (Å²) in [5.41, 5.74) is 1.43. The van der Waals surface area contributed by atoms with Crippen LogP contribution in [-0.2, 0) is 4.79 Å². The molecule has 1 N–H and O–H groups in total. The number of nitrogens with zero attached hydrogens (tertiary/aromatic N) is 1. The Hall–Kier alpha value is -4.11. The Morgan fingerprint density at radius 2 is 1.60 bits per heavy atom. The number of rotatable bonds is 13. The molecule has 40 heavy (non-hydrogen) atoms. The van der Waals surface area contributed by atoms with Gasteiger partial charge in [-0.05, 0) is 81.8 Å². The van der Waals surface area contributed by atoms with Crippen LogP contribution >= 0.6 is 11.6 Å². The Morgan fingerprint density at radius 1 is 0.925 bits per heavy atom. The number of amides is 2. The minimum Gasteiger partial charge on any atom is -0.494 e. The molecule has 9 nitrogen and oxygen atoms in total. The van der Waals surface area contributed by atoms with Gasteiger partial charge in [-0.25, -0.2) is 0 Å². The smallest absolute Gasteiger partial charge is 0.265 e. The van der Waals surface area contributed by atoms with Crippen molar-refractivity contribution in [2.45, 2.75) is 27.2 Å². The molecule has 3 aromatic carbocycles. The van der Waals surface area contributed by atoms with Gasteiger partial charge in [0.2, 0.25) is 5.75 Å².